The molecule has 0 aliphatic carbocycles. The Labute approximate surface area is 144 Å². The van der Waals surface area contributed by atoms with Crippen molar-refractivity contribution in [3.63, 3.8) is 0 Å². The molecule has 2 atom stereocenters. The molecule has 1 aliphatic rings. The molecule has 1 amide bonds. The van der Waals surface area contributed by atoms with E-state index in [-0.39, 0.29) is 18.6 Å². The molecule has 0 spiro atoms. The van der Waals surface area contributed by atoms with Crippen molar-refractivity contribution in [1.29, 1.82) is 0 Å². The largest absolute Gasteiger partial charge is 0.461 e. The summed E-state index contributed by atoms with van der Waals surface area (Å²) in [5, 5.41) is 2.60. The van der Waals surface area contributed by atoms with Crippen LogP contribution in [-0.4, -0.2) is 50.4 Å². The van der Waals surface area contributed by atoms with E-state index in [1.165, 1.54) is 0 Å². The summed E-state index contributed by atoms with van der Waals surface area (Å²) < 4.78 is 16.5. The van der Waals surface area contributed by atoms with Crippen LogP contribution in [0.15, 0.2) is 24.3 Å². The van der Waals surface area contributed by atoms with E-state index in [4.69, 9.17) is 14.2 Å². The van der Waals surface area contributed by atoms with Crippen LogP contribution >= 0.6 is 0 Å². The zero-order valence-electron chi connectivity index (χ0n) is 14.7. The van der Waals surface area contributed by atoms with Crippen LogP contribution < -0.4 is 5.32 Å². The maximum atomic E-state index is 11.9. The summed E-state index contributed by atoms with van der Waals surface area (Å²) in [7, 11) is 0. The summed E-state index contributed by atoms with van der Waals surface area (Å²) in [5.74, 6) is -0.523. The van der Waals surface area contributed by atoms with E-state index in [0.717, 1.165) is 12.8 Å². The highest BCUT2D eigenvalue weighted by molar-refractivity contribution is 5.88. The Morgan fingerprint density at radius 2 is 1.88 bits per heavy atom. The SMILES string of the molecule is CCC=CCOCC(COC(=O)C1CCC(=O)N1)OCC=CCC. The Bertz CT molecular complexity index is 433. The lowest BCUT2D eigenvalue weighted by molar-refractivity contribution is -0.151. The van der Waals surface area contributed by atoms with Crippen LogP contribution in [0.3, 0.4) is 0 Å². The van der Waals surface area contributed by atoms with Gasteiger partial charge in [-0.2, -0.15) is 0 Å². The number of carbonyl (C=O) groups excluding carboxylic acids is 2. The fourth-order valence-electron chi connectivity index (χ4n) is 2.14. The van der Waals surface area contributed by atoms with Crippen molar-refractivity contribution >= 4 is 11.9 Å². The summed E-state index contributed by atoms with van der Waals surface area (Å²) >= 11 is 0. The lowest BCUT2D eigenvalue weighted by Gasteiger charge is -2.18. The fourth-order valence-corrected chi connectivity index (χ4v) is 2.14. The molecule has 136 valence electrons. The average Bonchev–Trinajstić information content (AvgIpc) is 3.01. The van der Waals surface area contributed by atoms with E-state index in [1.807, 2.05) is 24.3 Å². The minimum atomic E-state index is -0.536. The van der Waals surface area contributed by atoms with Crippen LogP contribution in [0.1, 0.15) is 39.5 Å². The van der Waals surface area contributed by atoms with Gasteiger partial charge in [-0.05, 0) is 19.3 Å². The predicted octanol–water partition coefficient (Wildman–Crippen LogP) is 2.14. The van der Waals surface area contributed by atoms with Gasteiger partial charge in [-0.3, -0.25) is 4.79 Å². The number of allylic oxidation sites excluding steroid dienone is 2. The zero-order chi connectivity index (χ0) is 17.6. The van der Waals surface area contributed by atoms with Crippen molar-refractivity contribution in [2.75, 3.05) is 26.4 Å². The van der Waals surface area contributed by atoms with E-state index < -0.39 is 12.0 Å². The third-order valence-corrected chi connectivity index (χ3v) is 3.44. The van der Waals surface area contributed by atoms with Crippen LogP contribution in [-0.2, 0) is 23.8 Å². The van der Waals surface area contributed by atoms with Gasteiger partial charge in [0.05, 0.1) is 19.8 Å². The van der Waals surface area contributed by atoms with Gasteiger partial charge in [0, 0.05) is 6.42 Å². The van der Waals surface area contributed by atoms with Crippen LogP contribution in [0.2, 0.25) is 0 Å². The van der Waals surface area contributed by atoms with E-state index in [2.05, 4.69) is 19.2 Å². The van der Waals surface area contributed by atoms with Gasteiger partial charge in [0.15, 0.2) is 0 Å². The molecule has 1 rings (SSSR count). The average molecular weight is 339 g/mol. The smallest absolute Gasteiger partial charge is 0.328 e. The number of hydrogen-bond acceptors (Lipinski definition) is 5. The molecule has 0 radical (unpaired) electrons. The Morgan fingerprint density at radius 1 is 1.17 bits per heavy atom. The summed E-state index contributed by atoms with van der Waals surface area (Å²) in [5.41, 5.74) is 0. The molecule has 2 unspecified atom stereocenters. The summed E-state index contributed by atoms with van der Waals surface area (Å²) in [6.45, 7) is 5.52. The van der Waals surface area contributed by atoms with Gasteiger partial charge in [0.1, 0.15) is 18.8 Å². The summed E-state index contributed by atoms with van der Waals surface area (Å²) in [6, 6.07) is -0.536. The second-order valence-electron chi connectivity index (χ2n) is 5.54. The molecule has 24 heavy (non-hydrogen) atoms. The number of rotatable bonds is 12. The number of esters is 1. The summed E-state index contributed by atoms with van der Waals surface area (Å²) in [4.78, 5) is 23.1. The first-order valence-electron chi connectivity index (χ1n) is 8.62. The maximum absolute atomic E-state index is 11.9. The first-order valence-corrected chi connectivity index (χ1v) is 8.62. The topological polar surface area (TPSA) is 73.9 Å². The first kappa shape index (κ1) is 20.4. The van der Waals surface area contributed by atoms with E-state index in [9.17, 15) is 9.59 Å². The Hall–Kier alpha value is -1.66. The molecule has 0 bridgehead atoms. The van der Waals surface area contributed by atoms with Gasteiger partial charge in [0.25, 0.3) is 0 Å². The van der Waals surface area contributed by atoms with Crippen molar-refractivity contribution in [3.05, 3.63) is 24.3 Å². The molecule has 6 heteroatoms. The van der Waals surface area contributed by atoms with Crippen LogP contribution in [0, 0.1) is 0 Å². The molecule has 1 fully saturated rings. The van der Waals surface area contributed by atoms with E-state index >= 15 is 0 Å². The molecule has 1 heterocycles. The van der Waals surface area contributed by atoms with E-state index in [0.29, 0.717) is 32.7 Å². The Balaban J connectivity index is 2.35. The van der Waals surface area contributed by atoms with Gasteiger partial charge >= 0.3 is 5.97 Å². The normalized spacial score (nSPS) is 19.1. The molecule has 1 saturated heterocycles. The third kappa shape index (κ3) is 8.84. The van der Waals surface area contributed by atoms with Gasteiger partial charge in [-0.15, -0.1) is 0 Å². The van der Waals surface area contributed by atoms with Crippen molar-refractivity contribution in [2.24, 2.45) is 0 Å². The monoisotopic (exact) mass is 339 g/mol. The van der Waals surface area contributed by atoms with Gasteiger partial charge in [-0.25, -0.2) is 4.79 Å². The molecule has 0 aromatic carbocycles. The first-order chi connectivity index (χ1) is 11.7. The highest BCUT2D eigenvalue weighted by atomic mass is 16.6. The lowest BCUT2D eigenvalue weighted by Crippen LogP contribution is -2.37. The van der Waals surface area contributed by atoms with Gasteiger partial charge in [0.2, 0.25) is 5.91 Å². The number of carbonyl (C=O) groups is 2. The lowest BCUT2D eigenvalue weighted by atomic mass is 10.2. The molecular weight excluding hydrogens is 310 g/mol. The van der Waals surface area contributed by atoms with E-state index in [1.54, 1.807) is 0 Å². The second-order valence-corrected chi connectivity index (χ2v) is 5.54. The predicted molar refractivity (Wildman–Crippen MR) is 91.5 cm³/mol. The molecule has 6 nitrogen and oxygen atoms in total. The van der Waals surface area contributed by atoms with Gasteiger partial charge in [-0.1, -0.05) is 38.2 Å². The Kier molecular flexibility index (Phi) is 10.8. The number of nitrogens with one attached hydrogen (secondary N) is 1. The van der Waals surface area contributed by atoms with Crippen LogP contribution in [0.4, 0.5) is 0 Å². The minimum Gasteiger partial charge on any atom is -0.461 e. The third-order valence-electron chi connectivity index (χ3n) is 3.44. The van der Waals surface area contributed by atoms with Crippen LogP contribution in [0.5, 0.6) is 0 Å². The number of ether oxygens (including phenoxy) is 3. The molecule has 1 N–H and O–H groups in total. The number of hydrogen-bond donors (Lipinski definition) is 1. The van der Waals surface area contributed by atoms with Crippen molar-refractivity contribution in [2.45, 2.75) is 51.7 Å². The Morgan fingerprint density at radius 3 is 2.50 bits per heavy atom. The highest BCUT2D eigenvalue weighted by Gasteiger charge is 2.29. The fraction of sp³-hybridized carbons (Fsp3) is 0.667. The standard InChI is InChI=1S/C18H29NO5/c1-3-5-7-11-22-13-15(23-12-8-6-4-2)14-24-18(21)16-9-10-17(20)19-16/h5-8,15-16H,3-4,9-14H2,1-2H3,(H,19,20). The summed E-state index contributed by atoms with van der Waals surface area (Å²) in [6.07, 6.45) is 10.4. The quantitative estimate of drug-likeness (QED) is 0.335. The highest BCUT2D eigenvalue weighted by Crippen LogP contribution is 2.08. The second kappa shape index (κ2) is 12.7. The van der Waals surface area contributed by atoms with Crippen molar-refractivity contribution in [3.8, 4) is 0 Å². The molecular formula is C18H29NO5. The van der Waals surface area contributed by atoms with Crippen molar-refractivity contribution < 1.29 is 23.8 Å². The molecule has 1 aliphatic heterocycles. The molecule has 0 aromatic heterocycles. The van der Waals surface area contributed by atoms with Crippen LogP contribution in [0.25, 0.3) is 0 Å². The molecule has 0 aromatic rings. The molecule has 0 saturated carbocycles. The minimum absolute atomic E-state index is 0.111. The zero-order valence-corrected chi connectivity index (χ0v) is 14.7. The van der Waals surface area contributed by atoms with Crippen molar-refractivity contribution in [1.82, 2.24) is 5.32 Å². The van der Waals surface area contributed by atoms with Gasteiger partial charge < -0.3 is 19.5 Å². The maximum Gasteiger partial charge on any atom is 0.328 e. The number of amides is 1.